The van der Waals surface area contributed by atoms with E-state index in [1.54, 1.807) is 6.92 Å². The van der Waals surface area contributed by atoms with Crippen LogP contribution in [0.5, 0.6) is 0 Å². The average Bonchev–Trinajstić information content (AvgIpc) is 2.30. The zero-order valence-electron chi connectivity index (χ0n) is 10.0. The molecule has 20 heavy (non-hydrogen) atoms. The minimum absolute atomic E-state index is 0.0985. The Kier molecular flexibility index (Phi) is 5.19. The second kappa shape index (κ2) is 6.46. The Morgan fingerprint density at radius 2 is 2.15 bits per heavy atom. The molecule has 0 saturated heterocycles. The van der Waals surface area contributed by atoms with Crippen LogP contribution in [0.15, 0.2) is 12.3 Å². The number of ether oxygens (including phenoxy) is 1. The first-order chi connectivity index (χ1) is 9.24. The lowest BCUT2D eigenvalue weighted by Crippen LogP contribution is -2.35. The molecule has 1 rings (SSSR count). The Morgan fingerprint density at radius 3 is 2.65 bits per heavy atom. The maximum absolute atomic E-state index is 13.4. The number of anilines is 1. The van der Waals surface area contributed by atoms with Gasteiger partial charge in [-0.2, -0.15) is 13.2 Å². The molecule has 1 amide bonds. The number of thiocarbonyl (C=S) groups is 1. The maximum atomic E-state index is 13.4. The average molecular weight is 311 g/mol. The van der Waals surface area contributed by atoms with Crippen LogP contribution in [0, 0.1) is 5.82 Å². The zero-order valence-corrected chi connectivity index (χ0v) is 10.9. The van der Waals surface area contributed by atoms with E-state index in [4.69, 9.17) is 0 Å². The number of hydrogen-bond acceptors (Lipinski definition) is 4. The summed E-state index contributed by atoms with van der Waals surface area (Å²) in [7, 11) is 0. The normalized spacial score (nSPS) is 10.8. The number of hydrogen-bond donors (Lipinski definition) is 2. The molecule has 5 nitrogen and oxygen atoms in total. The summed E-state index contributed by atoms with van der Waals surface area (Å²) in [5.41, 5.74) is -1.23. The second-order valence-electron chi connectivity index (χ2n) is 3.35. The van der Waals surface area contributed by atoms with Gasteiger partial charge in [-0.15, -0.1) is 0 Å². The lowest BCUT2D eigenvalue weighted by Gasteiger charge is -2.11. The highest BCUT2D eigenvalue weighted by Crippen LogP contribution is 2.30. The Balaban J connectivity index is 2.74. The molecule has 0 spiro atoms. The number of carbonyl (C=O) groups is 1. The van der Waals surface area contributed by atoms with Crippen LogP contribution in [0.1, 0.15) is 12.5 Å². The molecule has 2 N–H and O–H groups in total. The molecule has 0 aliphatic heterocycles. The number of halogens is 4. The second-order valence-corrected chi connectivity index (χ2v) is 3.76. The van der Waals surface area contributed by atoms with Gasteiger partial charge in [-0.25, -0.2) is 14.2 Å². The van der Waals surface area contributed by atoms with Gasteiger partial charge in [0.15, 0.2) is 16.7 Å². The molecule has 0 bridgehead atoms. The van der Waals surface area contributed by atoms with E-state index in [1.165, 1.54) is 0 Å². The summed E-state index contributed by atoms with van der Waals surface area (Å²) in [6.07, 6.45) is -5.13. The van der Waals surface area contributed by atoms with E-state index >= 15 is 0 Å². The monoisotopic (exact) mass is 311 g/mol. The van der Waals surface area contributed by atoms with Gasteiger partial charge < -0.3 is 10.1 Å². The molecule has 0 unspecified atom stereocenters. The lowest BCUT2D eigenvalue weighted by molar-refractivity contribution is -0.138. The van der Waals surface area contributed by atoms with E-state index in [-0.39, 0.29) is 17.8 Å². The van der Waals surface area contributed by atoms with Crippen LogP contribution in [0.25, 0.3) is 0 Å². The third-order valence-electron chi connectivity index (χ3n) is 1.89. The number of pyridine rings is 1. The van der Waals surface area contributed by atoms with E-state index in [0.717, 1.165) is 0 Å². The lowest BCUT2D eigenvalue weighted by atomic mass is 10.2. The number of carbonyl (C=O) groups excluding carboxylic acids is 1. The predicted molar refractivity (Wildman–Crippen MR) is 65.6 cm³/mol. The minimum Gasteiger partial charge on any atom is -0.450 e. The van der Waals surface area contributed by atoms with Gasteiger partial charge in [0.2, 0.25) is 0 Å². The molecule has 0 aliphatic carbocycles. The first kappa shape index (κ1) is 16.1. The Labute approximate surface area is 116 Å². The number of rotatable bonds is 2. The standard InChI is InChI=1S/C10H9F4N3O2S/c1-2-19-9(18)17-8(20)16-7-6(11)3-5(4-15-7)10(12,13)14/h3-4H,2H2,1H3,(H2,15,16,17,18,20). The SMILES string of the molecule is CCOC(=O)NC(=S)Nc1ncc(C(F)(F)F)cc1F. The van der Waals surface area contributed by atoms with E-state index in [2.05, 4.69) is 27.3 Å². The van der Waals surface area contributed by atoms with Gasteiger partial charge in [0.05, 0.1) is 12.2 Å². The zero-order chi connectivity index (χ0) is 15.3. The van der Waals surface area contributed by atoms with E-state index < -0.39 is 29.5 Å². The molecule has 0 aromatic carbocycles. The van der Waals surface area contributed by atoms with Crippen molar-refractivity contribution in [3.8, 4) is 0 Å². The van der Waals surface area contributed by atoms with Gasteiger partial charge in [-0.1, -0.05) is 0 Å². The number of nitrogens with zero attached hydrogens (tertiary/aromatic N) is 1. The van der Waals surface area contributed by atoms with Crippen molar-refractivity contribution in [3.05, 3.63) is 23.6 Å². The number of alkyl halides is 3. The van der Waals surface area contributed by atoms with Gasteiger partial charge in [0, 0.05) is 6.20 Å². The largest absolute Gasteiger partial charge is 0.450 e. The van der Waals surface area contributed by atoms with Gasteiger partial charge >= 0.3 is 12.3 Å². The van der Waals surface area contributed by atoms with Gasteiger partial charge in [-0.3, -0.25) is 5.32 Å². The smallest absolute Gasteiger partial charge is 0.417 e. The molecule has 1 heterocycles. The number of amides is 1. The van der Waals surface area contributed by atoms with Crippen molar-refractivity contribution >= 4 is 29.2 Å². The fraction of sp³-hybridized carbons (Fsp3) is 0.300. The third kappa shape index (κ3) is 4.61. The van der Waals surface area contributed by atoms with Crippen LogP contribution in [-0.2, 0) is 10.9 Å². The highest BCUT2D eigenvalue weighted by Gasteiger charge is 2.32. The molecule has 0 radical (unpaired) electrons. The fourth-order valence-corrected chi connectivity index (χ4v) is 1.26. The van der Waals surface area contributed by atoms with Gasteiger partial charge in [0.25, 0.3) is 0 Å². The van der Waals surface area contributed by atoms with Gasteiger partial charge in [-0.05, 0) is 25.2 Å². The molecule has 0 fully saturated rings. The summed E-state index contributed by atoms with van der Waals surface area (Å²) >= 11 is 4.64. The van der Waals surface area contributed by atoms with E-state index in [0.29, 0.717) is 6.20 Å². The van der Waals surface area contributed by atoms with Crippen LogP contribution in [0.2, 0.25) is 0 Å². The van der Waals surface area contributed by atoms with E-state index in [9.17, 15) is 22.4 Å². The molecular formula is C10H9F4N3O2S. The first-order valence-corrected chi connectivity index (χ1v) is 5.62. The predicted octanol–water partition coefficient (Wildman–Crippen LogP) is 2.68. The van der Waals surface area contributed by atoms with Crippen molar-refractivity contribution in [2.45, 2.75) is 13.1 Å². The summed E-state index contributed by atoms with van der Waals surface area (Å²) in [6, 6.07) is 0.266. The van der Waals surface area contributed by atoms with E-state index in [1.807, 2.05) is 5.32 Å². The molecular weight excluding hydrogens is 302 g/mol. The number of nitrogens with one attached hydrogen (secondary N) is 2. The van der Waals surface area contributed by atoms with Crippen LogP contribution in [0.3, 0.4) is 0 Å². The van der Waals surface area contributed by atoms with Crippen LogP contribution in [-0.4, -0.2) is 22.8 Å². The van der Waals surface area contributed by atoms with Crippen molar-refractivity contribution < 1.29 is 27.1 Å². The van der Waals surface area contributed by atoms with Crippen molar-refractivity contribution in [1.82, 2.24) is 10.3 Å². The van der Waals surface area contributed by atoms with Crippen LogP contribution in [0.4, 0.5) is 28.2 Å². The topological polar surface area (TPSA) is 63.2 Å². The molecule has 110 valence electrons. The Morgan fingerprint density at radius 1 is 1.50 bits per heavy atom. The van der Waals surface area contributed by atoms with Crippen molar-refractivity contribution in [2.24, 2.45) is 0 Å². The summed E-state index contributed by atoms with van der Waals surface area (Å²) in [4.78, 5) is 14.2. The highest BCUT2D eigenvalue weighted by atomic mass is 32.1. The summed E-state index contributed by atoms with van der Waals surface area (Å²) < 4.78 is 54.8. The highest BCUT2D eigenvalue weighted by molar-refractivity contribution is 7.80. The van der Waals surface area contributed by atoms with Crippen LogP contribution < -0.4 is 10.6 Å². The molecule has 1 aromatic heterocycles. The Bertz CT molecular complexity index is 522. The number of aromatic nitrogens is 1. The Hall–Kier alpha value is -1.97. The van der Waals surface area contributed by atoms with Crippen molar-refractivity contribution in [3.63, 3.8) is 0 Å². The molecule has 0 atom stereocenters. The quantitative estimate of drug-likeness (QED) is 0.649. The number of alkyl carbamates (subject to hydrolysis) is 1. The van der Waals surface area contributed by atoms with Gasteiger partial charge in [0.1, 0.15) is 0 Å². The summed E-state index contributed by atoms with van der Waals surface area (Å²) in [6.45, 7) is 1.66. The van der Waals surface area contributed by atoms with Crippen molar-refractivity contribution in [2.75, 3.05) is 11.9 Å². The van der Waals surface area contributed by atoms with Crippen LogP contribution >= 0.6 is 12.2 Å². The third-order valence-corrected chi connectivity index (χ3v) is 2.10. The fourth-order valence-electron chi connectivity index (χ4n) is 1.08. The molecule has 0 saturated carbocycles. The minimum atomic E-state index is -4.70. The van der Waals surface area contributed by atoms with Crippen molar-refractivity contribution in [1.29, 1.82) is 0 Å². The maximum Gasteiger partial charge on any atom is 0.417 e. The first-order valence-electron chi connectivity index (χ1n) is 5.21. The molecule has 10 heteroatoms. The summed E-state index contributed by atoms with van der Waals surface area (Å²) in [5.74, 6) is -1.80. The molecule has 0 aliphatic rings. The molecule has 1 aromatic rings. The summed E-state index contributed by atoms with van der Waals surface area (Å²) in [5, 5.41) is 3.82.